The van der Waals surface area contributed by atoms with E-state index < -0.39 is 5.60 Å². The van der Waals surface area contributed by atoms with Crippen molar-refractivity contribution in [3.63, 3.8) is 0 Å². The Labute approximate surface area is 234 Å². The highest BCUT2D eigenvalue weighted by molar-refractivity contribution is 6.31. The van der Waals surface area contributed by atoms with Crippen LogP contribution < -0.4 is 14.8 Å². The number of amides is 2. The molecule has 0 atom stereocenters. The minimum absolute atomic E-state index is 0.0249. The van der Waals surface area contributed by atoms with Gasteiger partial charge >= 0.3 is 6.09 Å². The number of nitrogens with zero attached hydrogens (tertiary/aromatic N) is 3. The van der Waals surface area contributed by atoms with Crippen LogP contribution in [0.15, 0.2) is 42.6 Å². The summed E-state index contributed by atoms with van der Waals surface area (Å²) in [6.07, 6.45) is 2.55. The Bertz CT molecular complexity index is 1360. The lowest BCUT2D eigenvalue weighted by molar-refractivity contribution is 0.0203. The number of aromatic nitrogens is 2. The van der Waals surface area contributed by atoms with Crippen LogP contribution in [0, 0.1) is 6.92 Å². The fourth-order valence-corrected chi connectivity index (χ4v) is 4.87. The van der Waals surface area contributed by atoms with Gasteiger partial charge in [-0.2, -0.15) is 5.10 Å². The van der Waals surface area contributed by atoms with E-state index in [1.54, 1.807) is 41.1 Å². The van der Waals surface area contributed by atoms with E-state index in [1.165, 1.54) is 7.11 Å². The molecule has 0 saturated carbocycles. The highest BCUT2D eigenvalue weighted by Crippen LogP contribution is 2.35. The molecule has 0 unspecified atom stereocenters. The molecule has 1 fully saturated rings. The zero-order valence-electron chi connectivity index (χ0n) is 23.2. The second-order valence-corrected chi connectivity index (χ2v) is 10.9. The van der Waals surface area contributed by atoms with Crippen molar-refractivity contribution in [2.45, 2.75) is 52.1 Å². The number of ether oxygens (including phenoxy) is 3. The quantitative estimate of drug-likeness (QED) is 0.389. The van der Waals surface area contributed by atoms with Crippen LogP contribution in [0.2, 0.25) is 5.02 Å². The van der Waals surface area contributed by atoms with Crippen LogP contribution >= 0.6 is 11.6 Å². The van der Waals surface area contributed by atoms with Gasteiger partial charge in [-0.25, -0.2) is 9.48 Å². The van der Waals surface area contributed by atoms with Crippen molar-refractivity contribution < 1.29 is 23.8 Å². The van der Waals surface area contributed by atoms with Crippen molar-refractivity contribution >= 4 is 29.3 Å². The topological polar surface area (TPSA) is 94.9 Å². The van der Waals surface area contributed by atoms with Gasteiger partial charge in [-0.1, -0.05) is 17.7 Å². The molecule has 1 saturated heterocycles. The van der Waals surface area contributed by atoms with Crippen LogP contribution in [0.3, 0.4) is 0 Å². The van der Waals surface area contributed by atoms with Crippen molar-refractivity contribution in [1.29, 1.82) is 0 Å². The first-order valence-corrected chi connectivity index (χ1v) is 13.2. The summed E-state index contributed by atoms with van der Waals surface area (Å²) in [5.41, 5.74) is 2.83. The van der Waals surface area contributed by atoms with E-state index in [1.807, 2.05) is 45.9 Å². The molecule has 0 aliphatic carbocycles. The molecule has 208 valence electrons. The maximum absolute atomic E-state index is 13.7. The number of likely N-dealkylation sites (tertiary alicyclic amines) is 1. The molecule has 0 radical (unpaired) electrons. The van der Waals surface area contributed by atoms with Crippen molar-refractivity contribution in [1.82, 2.24) is 14.7 Å². The third-order valence-electron chi connectivity index (χ3n) is 6.71. The molecule has 1 N–H and O–H groups in total. The Balaban J connectivity index is 1.67. The number of hydrogen-bond donors (Lipinski definition) is 1. The van der Waals surface area contributed by atoms with E-state index in [2.05, 4.69) is 10.4 Å². The molecule has 1 aliphatic heterocycles. The predicted octanol–water partition coefficient (Wildman–Crippen LogP) is 6.22. The molecule has 39 heavy (non-hydrogen) atoms. The lowest BCUT2D eigenvalue weighted by Gasteiger charge is -2.34. The lowest BCUT2D eigenvalue weighted by atomic mass is 9.90. The predicted molar refractivity (Wildman–Crippen MR) is 151 cm³/mol. The molecule has 0 spiro atoms. The Morgan fingerprint density at radius 2 is 1.79 bits per heavy atom. The number of nitrogens with one attached hydrogen (secondary N) is 1. The molecule has 4 rings (SSSR count). The molecule has 2 heterocycles. The molecule has 9 nitrogen and oxygen atoms in total. The van der Waals surface area contributed by atoms with E-state index >= 15 is 0 Å². The lowest BCUT2D eigenvalue weighted by Crippen LogP contribution is -2.41. The van der Waals surface area contributed by atoms with Gasteiger partial charge in [0, 0.05) is 30.1 Å². The SMILES string of the molecule is COc1ccc(NC(=O)c2cnn(-c3cccc(Cl)c3C)c2C2CCN(C(=O)OC(C)(C)C)CC2)c(OC)c1. The number of carbonyl (C=O) groups excluding carboxylic acids is 2. The average Bonchev–Trinajstić information content (AvgIpc) is 3.34. The monoisotopic (exact) mass is 554 g/mol. The van der Waals surface area contributed by atoms with Gasteiger partial charge in [0.1, 0.15) is 17.1 Å². The van der Waals surface area contributed by atoms with Crippen molar-refractivity contribution in [2.75, 3.05) is 32.6 Å². The number of anilines is 1. The van der Waals surface area contributed by atoms with E-state index in [4.69, 9.17) is 25.8 Å². The summed E-state index contributed by atoms with van der Waals surface area (Å²) in [5.74, 6) is 0.761. The molecule has 2 amide bonds. The zero-order chi connectivity index (χ0) is 28.3. The number of methoxy groups -OCH3 is 2. The summed E-state index contributed by atoms with van der Waals surface area (Å²) in [4.78, 5) is 28.0. The minimum Gasteiger partial charge on any atom is -0.497 e. The summed E-state index contributed by atoms with van der Waals surface area (Å²) < 4.78 is 18.1. The number of rotatable bonds is 6. The number of piperidine rings is 1. The van der Waals surface area contributed by atoms with Crippen LogP contribution in [0.1, 0.15) is 61.1 Å². The van der Waals surface area contributed by atoms with Gasteiger partial charge in [0.15, 0.2) is 0 Å². The van der Waals surface area contributed by atoms with Gasteiger partial charge in [0.2, 0.25) is 0 Å². The number of benzene rings is 2. The maximum Gasteiger partial charge on any atom is 0.410 e. The normalized spacial score (nSPS) is 14.2. The largest absolute Gasteiger partial charge is 0.497 e. The third-order valence-corrected chi connectivity index (χ3v) is 7.12. The fraction of sp³-hybridized carbons (Fsp3) is 0.414. The van der Waals surface area contributed by atoms with Crippen molar-refractivity contribution in [3.05, 3.63) is 64.4 Å². The highest BCUT2D eigenvalue weighted by Gasteiger charge is 2.32. The number of halogens is 1. The van der Waals surface area contributed by atoms with Gasteiger partial charge in [-0.3, -0.25) is 4.79 Å². The Kier molecular flexibility index (Phi) is 8.39. The van der Waals surface area contributed by atoms with Crippen LogP contribution in [0.25, 0.3) is 5.69 Å². The van der Waals surface area contributed by atoms with E-state index in [0.29, 0.717) is 53.7 Å². The van der Waals surface area contributed by atoms with Gasteiger partial charge < -0.3 is 24.4 Å². The maximum atomic E-state index is 13.7. The number of hydrogen-bond acceptors (Lipinski definition) is 6. The molecule has 1 aromatic heterocycles. The standard InChI is InChI=1S/C29H35ClN4O5/c1-18-22(30)8-7-9-24(18)34-26(19-12-14-33(15-13-19)28(36)39-29(2,3)4)21(17-31-34)27(35)32-23-11-10-20(37-5)16-25(23)38-6/h7-11,16-17,19H,12-15H2,1-6H3,(H,32,35). The van der Waals surface area contributed by atoms with Gasteiger partial charge in [-0.05, 0) is 70.4 Å². The van der Waals surface area contributed by atoms with Gasteiger partial charge in [0.25, 0.3) is 5.91 Å². The van der Waals surface area contributed by atoms with Crippen molar-refractivity contribution in [2.24, 2.45) is 0 Å². The first-order chi connectivity index (χ1) is 18.5. The van der Waals surface area contributed by atoms with E-state index in [9.17, 15) is 9.59 Å². The van der Waals surface area contributed by atoms with Crippen molar-refractivity contribution in [3.8, 4) is 17.2 Å². The molecule has 0 bridgehead atoms. The second kappa shape index (κ2) is 11.6. The summed E-state index contributed by atoms with van der Waals surface area (Å²) in [6.45, 7) is 8.50. The van der Waals surface area contributed by atoms with Crippen LogP contribution in [-0.4, -0.2) is 59.6 Å². The van der Waals surface area contributed by atoms with Crippen LogP contribution in [-0.2, 0) is 4.74 Å². The van der Waals surface area contributed by atoms with Crippen LogP contribution in [0.5, 0.6) is 11.5 Å². The molecule has 1 aliphatic rings. The summed E-state index contributed by atoms with van der Waals surface area (Å²) in [5, 5.41) is 8.22. The molecule has 10 heteroatoms. The van der Waals surface area contributed by atoms with E-state index in [0.717, 1.165) is 16.9 Å². The molecule has 2 aromatic carbocycles. The summed E-state index contributed by atoms with van der Waals surface area (Å²) in [7, 11) is 3.11. The third kappa shape index (κ3) is 6.30. The Morgan fingerprint density at radius 1 is 1.08 bits per heavy atom. The molecular formula is C29H35ClN4O5. The smallest absolute Gasteiger partial charge is 0.410 e. The number of carbonyl (C=O) groups is 2. The minimum atomic E-state index is -0.565. The summed E-state index contributed by atoms with van der Waals surface area (Å²) >= 11 is 6.44. The first-order valence-electron chi connectivity index (χ1n) is 12.9. The molecular weight excluding hydrogens is 520 g/mol. The second-order valence-electron chi connectivity index (χ2n) is 10.5. The van der Waals surface area contributed by atoms with Gasteiger partial charge in [-0.15, -0.1) is 0 Å². The van der Waals surface area contributed by atoms with Gasteiger partial charge in [0.05, 0.1) is 43.0 Å². The first kappa shape index (κ1) is 28.3. The Morgan fingerprint density at radius 3 is 2.44 bits per heavy atom. The van der Waals surface area contributed by atoms with Crippen LogP contribution in [0.4, 0.5) is 10.5 Å². The zero-order valence-corrected chi connectivity index (χ0v) is 24.0. The molecule has 3 aromatic rings. The fourth-order valence-electron chi connectivity index (χ4n) is 4.70. The summed E-state index contributed by atoms with van der Waals surface area (Å²) in [6, 6.07) is 10.8. The van der Waals surface area contributed by atoms with E-state index in [-0.39, 0.29) is 17.9 Å². The Hall–Kier alpha value is -3.72. The highest BCUT2D eigenvalue weighted by atomic mass is 35.5. The average molecular weight is 555 g/mol.